The Morgan fingerprint density at radius 2 is 2.00 bits per heavy atom. The monoisotopic (exact) mass is 396 g/mol. The second kappa shape index (κ2) is 4.88. The Labute approximate surface area is 141 Å². The van der Waals surface area contributed by atoms with Crippen molar-refractivity contribution in [3.63, 3.8) is 0 Å². The van der Waals surface area contributed by atoms with E-state index < -0.39 is 29.6 Å². The third kappa shape index (κ3) is 2.08. The highest BCUT2D eigenvalue weighted by molar-refractivity contribution is 9.09. The van der Waals surface area contributed by atoms with Gasteiger partial charge in [-0.15, -0.1) is 0 Å². The van der Waals surface area contributed by atoms with Crippen LogP contribution in [0.1, 0.15) is 39.5 Å². The normalized spacial score (nSPS) is 49.0. The SMILES string of the molecule is C[C@@H]1CC[C@H]2C(CBr)=C(C(F)(F)F)O[C@@H]3O[C@]4(C)CCC1[C@]32O4. The first kappa shape index (κ1) is 16.2. The van der Waals surface area contributed by atoms with Crippen LogP contribution in [0.2, 0.25) is 0 Å². The molecule has 3 fully saturated rings. The van der Waals surface area contributed by atoms with Gasteiger partial charge in [0.25, 0.3) is 0 Å². The lowest BCUT2D eigenvalue weighted by atomic mass is 9.58. The summed E-state index contributed by atoms with van der Waals surface area (Å²) in [5.41, 5.74) is -0.497. The third-order valence-corrected chi connectivity index (χ3v) is 6.69. The number of ether oxygens (including phenoxy) is 3. The Kier molecular flexibility index (Phi) is 3.44. The predicted molar refractivity (Wildman–Crippen MR) is 79.7 cm³/mol. The van der Waals surface area contributed by atoms with Crippen LogP contribution in [0.25, 0.3) is 0 Å². The standard InChI is InChI=1S/C16H20BrF3O3/c1-8-3-4-11-9(7-17)12(16(18,19)20)21-13-15(11)10(8)5-6-14(2,22-13)23-15/h8,10-11,13H,3-7H2,1-2H3/t8-,10?,11+,13-,14+,15-/m1/s1. The van der Waals surface area contributed by atoms with Gasteiger partial charge in [0.1, 0.15) is 5.60 Å². The van der Waals surface area contributed by atoms with Gasteiger partial charge < -0.3 is 14.2 Å². The minimum Gasteiger partial charge on any atom is -0.456 e. The molecule has 0 aromatic carbocycles. The zero-order valence-corrected chi connectivity index (χ0v) is 14.7. The molecule has 4 rings (SSSR count). The van der Waals surface area contributed by atoms with Gasteiger partial charge in [0, 0.05) is 17.7 Å². The average molecular weight is 397 g/mol. The summed E-state index contributed by atoms with van der Waals surface area (Å²) in [5.74, 6) is -1.46. The summed E-state index contributed by atoms with van der Waals surface area (Å²) in [6, 6.07) is 0. The highest BCUT2D eigenvalue weighted by Gasteiger charge is 2.72. The first-order valence-corrected chi connectivity index (χ1v) is 9.24. The van der Waals surface area contributed by atoms with E-state index in [1.54, 1.807) is 0 Å². The Balaban J connectivity index is 1.87. The molecule has 3 nitrogen and oxygen atoms in total. The molecular weight excluding hydrogens is 377 g/mol. The zero-order valence-electron chi connectivity index (χ0n) is 13.1. The lowest BCUT2D eigenvalue weighted by molar-refractivity contribution is -0.248. The van der Waals surface area contributed by atoms with E-state index in [9.17, 15) is 13.2 Å². The van der Waals surface area contributed by atoms with Crippen LogP contribution in [-0.4, -0.2) is 29.2 Å². The number of hydrogen-bond acceptors (Lipinski definition) is 3. The van der Waals surface area contributed by atoms with Crippen LogP contribution in [0, 0.1) is 17.8 Å². The fourth-order valence-corrected chi connectivity index (χ4v) is 5.80. The Morgan fingerprint density at radius 3 is 2.65 bits per heavy atom. The minimum atomic E-state index is -4.51. The molecule has 0 N–H and O–H groups in total. The van der Waals surface area contributed by atoms with E-state index in [2.05, 4.69) is 22.9 Å². The smallest absolute Gasteiger partial charge is 0.449 e. The first-order chi connectivity index (χ1) is 10.7. The molecular formula is C16H20BrF3O3. The molecule has 0 amide bonds. The van der Waals surface area contributed by atoms with Gasteiger partial charge in [-0.2, -0.15) is 13.2 Å². The maximum absolute atomic E-state index is 13.5. The fraction of sp³-hybridized carbons (Fsp3) is 0.875. The molecule has 4 aliphatic rings. The molecule has 3 heterocycles. The van der Waals surface area contributed by atoms with Crippen molar-refractivity contribution in [2.45, 2.75) is 63.4 Å². The van der Waals surface area contributed by atoms with Gasteiger partial charge >= 0.3 is 6.18 Å². The van der Waals surface area contributed by atoms with E-state index >= 15 is 0 Å². The maximum Gasteiger partial charge on any atom is 0.449 e. The van der Waals surface area contributed by atoms with Crippen LogP contribution in [0.3, 0.4) is 0 Å². The molecule has 0 radical (unpaired) electrons. The van der Waals surface area contributed by atoms with Gasteiger partial charge in [0.05, 0.1) is 0 Å². The summed E-state index contributed by atoms with van der Waals surface area (Å²) < 4.78 is 58.0. The van der Waals surface area contributed by atoms with Gasteiger partial charge in [-0.25, -0.2) is 0 Å². The van der Waals surface area contributed by atoms with Crippen molar-refractivity contribution in [2.75, 3.05) is 5.33 Å². The van der Waals surface area contributed by atoms with Gasteiger partial charge in [0.2, 0.25) is 12.0 Å². The van der Waals surface area contributed by atoms with Crippen molar-refractivity contribution in [1.82, 2.24) is 0 Å². The third-order valence-electron chi connectivity index (χ3n) is 6.09. The van der Waals surface area contributed by atoms with Crippen molar-refractivity contribution in [3.8, 4) is 0 Å². The molecule has 1 unspecified atom stereocenters. The number of allylic oxidation sites excluding steroid dienone is 1. The van der Waals surface area contributed by atoms with Crippen molar-refractivity contribution < 1.29 is 27.4 Å². The van der Waals surface area contributed by atoms with Gasteiger partial charge in [-0.3, -0.25) is 0 Å². The van der Waals surface area contributed by atoms with Crippen LogP contribution in [0.15, 0.2) is 11.3 Å². The molecule has 23 heavy (non-hydrogen) atoms. The van der Waals surface area contributed by atoms with E-state index in [4.69, 9.17) is 14.2 Å². The Morgan fingerprint density at radius 1 is 1.26 bits per heavy atom. The molecule has 1 aliphatic carbocycles. The van der Waals surface area contributed by atoms with Crippen LogP contribution < -0.4 is 0 Å². The number of alkyl halides is 4. The second-order valence-electron chi connectivity index (χ2n) is 7.40. The summed E-state index contributed by atoms with van der Waals surface area (Å²) in [4.78, 5) is 0. The van der Waals surface area contributed by atoms with Crippen LogP contribution in [-0.2, 0) is 14.2 Å². The summed E-state index contributed by atoms with van der Waals surface area (Å²) in [6.45, 7) is 3.98. The first-order valence-electron chi connectivity index (χ1n) is 8.12. The van der Waals surface area contributed by atoms with Gasteiger partial charge in [-0.1, -0.05) is 22.9 Å². The quantitative estimate of drug-likeness (QED) is 0.610. The largest absolute Gasteiger partial charge is 0.456 e. The molecule has 6 atom stereocenters. The number of halogens is 4. The maximum atomic E-state index is 13.5. The molecule has 0 aromatic rings. The molecule has 3 aliphatic heterocycles. The van der Waals surface area contributed by atoms with Gasteiger partial charge in [0.15, 0.2) is 5.79 Å². The average Bonchev–Trinajstić information content (AvgIpc) is 2.68. The molecule has 1 saturated carbocycles. The summed E-state index contributed by atoms with van der Waals surface area (Å²) in [7, 11) is 0. The predicted octanol–water partition coefficient (Wildman–Crippen LogP) is 4.51. The number of hydrogen-bond donors (Lipinski definition) is 0. The fourth-order valence-electron chi connectivity index (χ4n) is 5.15. The molecule has 2 saturated heterocycles. The summed E-state index contributed by atoms with van der Waals surface area (Å²) >= 11 is 3.25. The van der Waals surface area contributed by atoms with E-state index in [0.29, 0.717) is 18.8 Å². The van der Waals surface area contributed by atoms with Crippen molar-refractivity contribution in [1.29, 1.82) is 0 Å². The Bertz CT molecular complexity index is 563. The molecule has 1 spiro atoms. The number of fused-ring (bicyclic) bond motifs is 1. The lowest BCUT2D eigenvalue weighted by Gasteiger charge is -2.55. The van der Waals surface area contributed by atoms with E-state index in [1.807, 2.05) is 6.92 Å². The number of rotatable bonds is 1. The van der Waals surface area contributed by atoms with E-state index in [1.165, 1.54) is 0 Å². The topological polar surface area (TPSA) is 27.7 Å². The summed E-state index contributed by atoms with van der Waals surface area (Å²) in [6.07, 6.45) is -2.29. The van der Waals surface area contributed by atoms with E-state index in [-0.39, 0.29) is 22.7 Å². The van der Waals surface area contributed by atoms with Crippen molar-refractivity contribution in [3.05, 3.63) is 11.3 Å². The zero-order chi connectivity index (χ0) is 16.6. The van der Waals surface area contributed by atoms with Crippen LogP contribution in [0.5, 0.6) is 0 Å². The van der Waals surface area contributed by atoms with Crippen LogP contribution in [0.4, 0.5) is 13.2 Å². The lowest BCUT2D eigenvalue weighted by Crippen LogP contribution is -2.62. The molecule has 0 aromatic heterocycles. The van der Waals surface area contributed by atoms with Crippen LogP contribution >= 0.6 is 15.9 Å². The van der Waals surface area contributed by atoms with E-state index in [0.717, 1.165) is 12.8 Å². The molecule has 7 heteroatoms. The highest BCUT2D eigenvalue weighted by atomic mass is 79.9. The van der Waals surface area contributed by atoms with Gasteiger partial charge in [-0.05, 0) is 43.6 Å². The second-order valence-corrected chi connectivity index (χ2v) is 7.96. The Hall–Kier alpha value is -0.270. The molecule has 130 valence electrons. The highest BCUT2D eigenvalue weighted by Crippen LogP contribution is 2.64. The van der Waals surface area contributed by atoms with Crippen molar-refractivity contribution in [2.24, 2.45) is 17.8 Å². The minimum absolute atomic E-state index is 0.141. The molecule has 2 bridgehead atoms. The van der Waals surface area contributed by atoms with Crippen molar-refractivity contribution >= 4 is 15.9 Å². The summed E-state index contributed by atoms with van der Waals surface area (Å²) in [5, 5.41) is 0.141.